The molecule has 0 aliphatic rings. The van der Waals surface area contributed by atoms with Crippen molar-refractivity contribution in [2.24, 2.45) is 0 Å². The van der Waals surface area contributed by atoms with Crippen LogP contribution in [-0.4, -0.2) is 17.0 Å². The number of para-hydroxylation sites is 1. The van der Waals surface area contributed by atoms with Crippen molar-refractivity contribution in [3.63, 3.8) is 0 Å². The van der Waals surface area contributed by atoms with Gasteiger partial charge < -0.3 is 10.1 Å². The number of rotatable bonds is 4. The summed E-state index contributed by atoms with van der Waals surface area (Å²) in [6, 6.07) is 6.52. The maximum Gasteiger partial charge on any atom is 0.334 e. The van der Waals surface area contributed by atoms with Crippen LogP contribution in [0.25, 0.3) is 0 Å². The molecule has 19 heavy (non-hydrogen) atoms. The lowest BCUT2D eigenvalue weighted by Gasteiger charge is -2.08. The number of pyridine rings is 1. The first-order valence-electron chi connectivity index (χ1n) is 5.35. The zero-order valence-corrected chi connectivity index (χ0v) is 11.5. The summed E-state index contributed by atoms with van der Waals surface area (Å²) < 4.78 is 6.25. The third kappa shape index (κ3) is 3.00. The van der Waals surface area contributed by atoms with Crippen molar-refractivity contribution in [1.82, 2.24) is 4.98 Å². The monoisotopic (exact) mass is 323 g/mol. The van der Waals surface area contributed by atoms with Crippen molar-refractivity contribution in [1.29, 1.82) is 0 Å². The molecule has 1 aromatic heterocycles. The Morgan fingerprint density at radius 1 is 1.42 bits per heavy atom. The molecule has 0 aliphatic heterocycles. The van der Waals surface area contributed by atoms with Crippen LogP contribution in [0.1, 0.15) is 0 Å². The van der Waals surface area contributed by atoms with Gasteiger partial charge in [-0.15, -0.1) is 0 Å². The Bertz CT molecular complexity index is 619. The third-order valence-electron chi connectivity index (χ3n) is 2.36. The van der Waals surface area contributed by atoms with E-state index in [1.807, 2.05) is 0 Å². The summed E-state index contributed by atoms with van der Waals surface area (Å²) in [5, 5.41) is 13.9. The fourth-order valence-electron chi connectivity index (χ4n) is 1.57. The molecular formula is C12H10BrN3O3. The Labute approximate surface area is 117 Å². The second-order valence-electron chi connectivity index (χ2n) is 3.60. The maximum atomic E-state index is 11.1. The van der Waals surface area contributed by atoms with Crippen molar-refractivity contribution in [2.75, 3.05) is 12.4 Å². The van der Waals surface area contributed by atoms with Crippen LogP contribution < -0.4 is 10.1 Å². The highest BCUT2D eigenvalue weighted by atomic mass is 79.9. The number of anilines is 1. The van der Waals surface area contributed by atoms with Gasteiger partial charge in [0.1, 0.15) is 11.4 Å². The van der Waals surface area contributed by atoms with Crippen molar-refractivity contribution in [2.45, 2.75) is 0 Å². The van der Waals surface area contributed by atoms with Crippen LogP contribution in [0.2, 0.25) is 0 Å². The van der Waals surface area contributed by atoms with E-state index in [0.717, 1.165) is 4.47 Å². The van der Waals surface area contributed by atoms with E-state index in [9.17, 15) is 10.1 Å². The highest BCUT2D eigenvalue weighted by molar-refractivity contribution is 9.10. The summed E-state index contributed by atoms with van der Waals surface area (Å²) in [6.07, 6.45) is 3.09. The van der Waals surface area contributed by atoms with Crippen molar-refractivity contribution in [3.8, 4) is 11.5 Å². The van der Waals surface area contributed by atoms with Crippen LogP contribution in [0.5, 0.6) is 11.5 Å². The second-order valence-corrected chi connectivity index (χ2v) is 4.52. The number of nitro groups is 1. The summed E-state index contributed by atoms with van der Waals surface area (Å²) >= 11 is 3.26. The van der Waals surface area contributed by atoms with Crippen LogP contribution in [-0.2, 0) is 0 Å². The largest absolute Gasteiger partial charge is 0.448 e. The molecule has 1 heterocycles. The summed E-state index contributed by atoms with van der Waals surface area (Å²) in [5.41, 5.74) is 0.287. The number of hydrogen-bond donors (Lipinski definition) is 1. The van der Waals surface area contributed by atoms with Crippen LogP contribution in [0, 0.1) is 10.1 Å². The quantitative estimate of drug-likeness (QED) is 0.687. The minimum Gasteiger partial charge on any atom is -0.448 e. The Hall–Kier alpha value is -2.15. The van der Waals surface area contributed by atoms with Crippen molar-refractivity contribution >= 4 is 27.3 Å². The van der Waals surface area contributed by atoms with Crippen LogP contribution in [0.3, 0.4) is 0 Å². The molecule has 2 rings (SSSR count). The molecule has 0 saturated heterocycles. The Morgan fingerprint density at radius 2 is 2.21 bits per heavy atom. The Kier molecular flexibility index (Phi) is 3.96. The van der Waals surface area contributed by atoms with Crippen LogP contribution >= 0.6 is 15.9 Å². The van der Waals surface area contributed by atoms with E-state index in [2.05, 4.69) is 26.2 Å². The molecule has 0 fully saturated rings. The van der Waals surface area contributed by atoms with Gasteiger partial charge in [0.2, 0.25) is 5.75 Å². The van der Waals surface area contributed by atoms with E-state index in [1.54, 1.807) is 37.5 Å². The maximum absolute atomic E-state index is 11.1. The number of nitrogens with one attached hydrogen (secondary N) is 1. The molecular weight excluding hydrogens is 314 g/mol. The predicted octanol–water partition coefficient (Wildman–Crippen LogP) is 3.59. The van der Waals surface area contributed by atoms with Gasteiger partial charge in [0.05, 0.1) is 11.1 Å². The summed E-state index contributed by atoms with van der Waals surface area (Å²) in [7, 11) is 1.62. The molecule has 0 spiro atoms. The van der Waals surface area contributed by atoms with E-state index >= 15 is 0 Å². The van der Waals surface area contributed by atoms with Gasteiger partial charge in [0.25, 0.3) is 0 Å². The van der Waals surface area contributed by atoms with Gasteiger partial charge in [-0.3, -0.25) is 15.1 Å². The molecule has 0 saturated carbocycles. The molecule has 0 unspecified atom stereocenters. The first-order valence-corrected chi connectivity index (χ1v) is 6.14. The molecule has 0 radical (unpaired) electrons. The lowest BCUT2D eigenvalue weighted by molar-refractivity contribution is -0.384. The first kappa shape index (κ1) is 13.3. The van der Waals surface area contributed by atoms with Crippen molar-refractivity contribution < 1.29 is 9.66 Å². The highest BCUT2D eigenvalue weighted by Gasteiger charge is 2.20. The lowest BCUT2D eigenvalue weighted by Crippen LogP contribution is -1.99. The molecule has 0 bridgehead atoms. The van der Waals surface area contributed by atoms with Crippen molar-refractivity contribution in [3.05, 3.63) is 51.2 Å². The topological polar surface area (TPSA) is 77.3 Å². The fourth-order valence-corrected chi connectivity index (χ4v) is 1.91. The van der Waals surface area contributed by atoms with Gasteiger partial charge in [-0.05, 0) is 34.1 Å². The molecule has 7 heteroatoms. The van der Waals surface area contributed by atoms with Gasteiger partial charge in [0.15, 0.2) is 0 Å². The predicted molar refractivity (Wildman–Crippen MR) is 74.7 cm³/mol. The lowest BCUT2D eigenvalue weighted by atomic mass is 10.2. The van der Waals surface area contributed by atoms with E-state index in [1.165, 1.54) is 6.20 Å². The smallest absolute Gasteiger partial charge is 0.334 e. The third-order valence-corrected chi connectivity index (χ3v) is 2.79. The average Bonchev–Trinajstić information content (AvgIpc) is 2.38. The SMILES string of the molecule is CNc1cccc(Oc2cncc(Br)c2)c1[N+](=O)[O-]. The first-order chi connectivity index (χ1) is 9.11. The average molecular weight is 324 g/mol. The number of hydrogen-bond acceptors (Lipinski definition) is 5. The van der Waals surface area contributed by atoms with Gasteiger partial charge in [-0.1, -0.05) is 6.07 Å². The minimum atomic E-state index is -0.480. The number of halogens is 1. The molecule has 0 aliphatic carbocycles. The number of nitro benzene ring substituents is 1. The Morgan fingerprint density at radius 3 is 2.84 bits per heavy atom. The summed E-state index contributed by atoms with van der Waals surface area (Å²) in [6.45, 7) is 0. The fraction of sp³-hybridized carbons (Fsp3) is 0.0833. The Balaban J connectivity index is 2.42. The molecule has 6 nitrogen and oxygen atoms in total. The minimum absolute atomic E-state index is 0.107. The van der Waals surface area contributed by atoms with Gasteiger partial charge in [0, 0.05) is 17.7 Å². The van der Waals surface area contributed by atoms with Crippen LogP contribution in [0.15, 0.2) is 41.1 Å². The summed E-state index contributed by atoms with van der Waals surface area (Å²) in [5.74, 6) is 0.586. The standard InChI is InChI=1S/C12H10BrN3O3/c1-14-10-3-2-4-11(12(10)16(17)18)19-9-5-8(13)6-15-7-9/h2-7,14H,1H3. The molecule has 0 atom stereocenters. The normalized spacial score (nSPS) is 10.0. The number of nitrogens with zero attached hydrogens (tertiary/aromatic N) is 2. The van der Waals surface area contributed by atoms with E-state index in [-0.39, 0.29) is 11.4 Å². The van der Waals surface area contributed by atoms with E-state index in [4.69, 9.17) is 4.74 Å². The van der Waals surface area contributed by atoms with Gasteiger partial charge >= 0.3 is 5.69 Å². The second kappa shape index (κ2) is 5.66. The summed E-state index contributed by atoms with van der Waals surface area (Å²) in [4.78, 5) is 14.6. The van der Waals surface area contributed by atoms with Crippen LogP contribution in [0.4, 0.5) is 11.4 Å². The van der Waals surface area contributed by atoms with Gasteiger partial charge in [-0.25, -0.2) is 0 Å². The zero-order valence-electron chi connectivity index (χ0n) is 9.96. The van der Waals surface area contributed by atoms with E-state index < -0.39 is 4.92 Å². The molecule has 0 amide bonds. The number of aromatic nitrogens is 1. The van der Waals surface area contributed by atoms with Gasteiger partial charge in [-0.2, -0.15) is 0 Å². The van der Waals surface area contributed by atoms with E-state index in [0.29, 0.717) is 11.4 Å². The molecule has 1 aromatic carbocycles. The highest BCUT2D eigenvalue weighted by Crippen LogP contribution is 2.37. The molecule has 98 valence electrons. The zero-order chi connectivity index (χ0) is 13.8. The molecule has 2 aromatic rings. The number of ether oxygens (including phenoxy) is 1. The number of benzene rings is 1. The molecule has 1 N–H and O–H groups in total.